The van der Waals surface area contributed by atoms with Crippen LogP contribution in [0.25, 0.3) is 6.08 Å². The van der Waals surface area contributed by atoms with Gasteiger partial charge in [-0.15, -0.1) is 0 Å². The molecule has 3 heteroatoms. The molecule has 1 aromatic rings. The number of benzene rings is 1. The highest BCUT2D eigenvalue weighted by Gasteiger charge is 2.25. The fourth-order valence-corrected chi connectivity index (χ4v) is 4.78. The first-order valence-corrected chi connectivity index (χ1v) is 11.3. The highest BCUT2D eigenvalue weighted by Crippen LogP contribution is 2.15. The van der Waals surface area contributed by atoms with Crippen molar-refractivity contribution >= 4 is 25.2 Å². The zero-order valence-electron chi connectivity index (χ0n) is 14.3. The summed E-state index contributed by atoms with van der Waals surface area (Å²) < 4.78 is 0. The minimum absolute atomic E-state index is 1.05. The molecule has 0 aliphatic rings. The Labute approximate surface area is 132 Å². The smallest absolute Gasteiger partial charge is 0.154 e. The molecule has 0 spiro atoms. The number of unbranched alkanes of at least 4 members (excludes halogenated alkanes) is 2. The molecular formula is C18H32N2Si. The Morgan fingerprint density at radius 1 is 1.10 bits per heavy atom. The number of anilines is 1. The summed E-state index contributed by atoms with van der Waals surface area (Å²) in [7, 11) is -1.60. The minimum Gasteiger partial charge on any atom is -0.385 e. The Morgan fingerprint density at radius 2 is 1.76 bits per heavy atom. The maximum Gasteiger partial charge on any atom is 0.154 e. The van der Waals surface area contributed by atoms with Crippen molar-refractivity contribution in [2.45, 2.75) is 52.6 Å². The number of hydrogen-bond acceptors (Lipinski definition) is 2. The molecule has 2 N–H and O–H groups in total. The molecule has 0 fully saturated rings. The molecule has 118 valence electrons. The van der Waals surface area contributed by atoms with Crippen LogP contribution in [0.4, 0.5) is 5.69 Å². The van der Waals surface area contributed by atoms with Gasteiger partial charge in [-0.3, -0.25) is 0 Å². The molecule has 1 rings (SSSR count). The molecule has 0 aliphatic heterocycles. The van der Waals surface area contributed by atoms with Gasteiger partial charge in [0.05, 0.1) is 0 Å². The maximum absolute atomic E-state index is 3.89. The van der Waals surface area contributed by atoms with Crippen LogP contribution in [0.5, 0.6) is 0 Å². The van der Waals surface area contributed by atoms with Gasteiger partial charge in [0.2, 0.25) is 0 Å². The molecule has 0 atom stereocenters. The van der Waals surface area contributed by atoms with E-state index >= 15 is 0 Å². The first kappa shape index (κ1) is 18.0. The van der Waals surface area contributed by atoms with Gasteiger partial charge in [0.25, 0.3) is 0 Å². The summed E-state index contributed by atoms with van der Waals surface area (Å²) in [6, 6.07) is 6.72. The second-order valence-electron chi connectivity index (χ2n) is 6.19. The van der Waals surface area contributed by atoms with Crippen LogP contribution < -0.4 is 15.5 Å². The maximum atomic E-state index is 3.89. The van der Waals surface area contributed by atoms with Gasteiger partial charge >= 0.3 is 0 Å². The van der Waals surface area contributed by atoms with Crippen LogP contribution in [0.1, 0.15) is 45.1 Å². The van der Waals surface area contributed by atoms with E-state index in [-0.39, 0.29) is 0 Å². The van der Waals surface area contributed by atoms with Gasteiger partial charge in [-0.1, -0.05) is 64.6 Å². The van der Waals surface area contributed by atoms with E-state index in [2.05, 4.69) is 62.0 Å². The van der Waals surface area contributed by atoms with Crippen molar-refractivity contribution in [2.75, 3.05) is 18.4 Å². The summed E-state index contributed by atoms with van der Waals surface area (Å²) in [5, 5.41) is 5.10. The molecule has 0 bridgehead atoms. The van der Waals surface area contributed by atoms with Crippen LogP contribution in [-0.4, -0.2) is 21.3 Å². The summed E-state index contributed by atoms with van der Waals surface area (Å²) in [6.45, 7) is 15.3. The van der Waals surface area contributed by atoms with E-state index in [1.165, 1.54) is 42.1 Å². The van der Waals surface area contributed by atoms with Gasteiger partial charge < -0.3 is 10.3 Å². The van der Waals surface area contributed by atoms with E-state index in [1.54, 1.807) is 0 Å². The second-order valence-corrected chi connectivity index (χ2v) is 10.3. The summed E-state index contributed by atoms with van der Waals surface area (Å²) in [5.41, 5.74) is 2.48. The third-order valence-corrected chi connectivity index (χ3v) is 6.81. The molecule has 0 radical (unpaired) electrons. The van der Waals surface area contributed by atoms with Crippen LogP contribution in [-0.2, 0) is 0 Å². The van der Waals surface area contributed by atoms with Crippen molar-refractivity contribution in [3.8, 4) is 0 Å². The SMILES string of the molecule is C=Cc1ccc([Si](C)(C)NCCCC)c(NCCCC)c1. The lowest BCUT2D eigenvalue weighted by atomic mass is 10.2. The molecule has 2 nitrogen and oxygen atoms in total. The standard InChI is InChI=1S/C18H32N2Si/c1-6-9-13-19-17-15-16(8-3)11-12-18(17)21(4,5)20-14-10-7-2/h8,11-12,15,19-20H,3,6-7,9-10,13-14H2,1-2,4-5H3. The zero-order chi connectivity index (χ0) is 15.7. The van der Waals surface area contributed by atoms with Crippen molar-refractivity contribution < 1.29 is 0 Å². The third kappa shape index (κ3) is 5.68. The minimum atomic E-state index is -1.60. The second kappa shape index (κ2) is 9.06. The van der Waals surface area contributed by atoms with E-state index < -0.39 is 8.24 Å². The average molecular weight is 305 g/mol. The van der Waals surface area contributed by atoms with E-state index in [4.69, 9.17) is 0 Å². The summed E-state index contributed by atoms with van der Waals surface area (Å²) in [5.74, 6) is 0. The fraction of sp³-hybridized carbons (Fsp3) is 0.556. The van der Waals surface area contributed by atoms with Gasteiger partial charge in [0.15, 0.2) is 8.24 Å². The number of nitrogens with one attached hydrogen (secondary N) is 2. The topological polar surface area (TPSA) is 24.1 Å². The summed E-state index contributed by atoms with van der Waals surface area (Å²) in [4.78, 5) is 3.82. The van der Waals surface area contributed by atoms with Crippen molar-refractivity contribution in [3.05, 3.63) is 30.3 Å². The van der Waals surface area contributed by atoms with Gasteiger partial charge in [-0.25, -0.2) is 0 Å². The summed E-state index contributed by atoms with van der Waals surface area (Å²) >= 11 is 0. The monoisotopic (exact) mass is 304 g/mol. The molecule has 0 aliphatic carbocycles. The number of rotatable bonds is 10. The Kier molecular flexibility index (Phi) is 7.76. The zero-order valence-corrected chi connectivity index (χ0v) is 15.3. The fourth-order valence-electron chi connectivity index (χ4n) is 2.45. The predicted octanol–water partition coefficient (Wildman–Crippen LogP) is 4.34. The van der Waals surface area contributed by atoms with Crippen molar-refractivity contribution in [3.63, 3.8) is 0 Å². The lowest BCUT2D eigenvalue weighted by Crippen LogP contribution is -2.56. The Hall–Kier alpha value is -1.06. The van der Waals surface area contributed by atoms with E-state index in [0.717, 1.165) is 13.1 Å². The predicted molar refractivity (Wildman–Crippen MR) is 100.0 cm³/mol. The molecule has 0 aromatic heterocycles. The number of hydrogen-bond donors (Lipinski definition) is 2. The molecular weight excluding hydrogens is 272 g/mol. The van der Waals surface area contributed by atoms with Crippen LogP contribution in [0.15, 0.2) is 24.8 Å². The Bertz CT molecular complexity index is 441. The first-order chi connectivity index (χ1) is 10.0. The largest absolute Gasteiger partial charge is 0.385 e. The van der Waals surface area contributed by atoms with Crippen molar-refractivity contribution in [1.82, 2.24) is 4.98 Å². The summed E-state index contributed by atoms with van der Waals surface area (Å²) in [6.07, 6.45) is 6.85. The van der Waals surface area contributed by atoms with Crippen molar-refractivity contribution in [1.29, 1.82) is 0 Å². The lowest BCUT2D eigenvalue weighted by molar-refractivity contribution is 0.757. The molecule has 21 heavy (non-hydrogen) atoms. The highest BCUT2D eigenvalue weighted by atomic mass is 28.3. The molecule has 1 aromatic carbocycles. The van der Waals surface area contributed by atoms with Crippen LogP contribution in [0.2, 0.25) is 13.1 Å². The van der Waals surface area contributed by atoms with Crippen LogP contribution in [0, 0.1) is 0 Å². The molecule has 0 heterocycles. The Morgan fingerprint density at radius 3 is 2.38 bits per heavy atom. The van der Waals surface area contributed by atoms with Crippen LogP contribution in [0.3, 0.4) is 0 Å². The molecule has 0 amide bonds. The van der Waals surface area contributed by atoms with Gasteiger partial charge in [-0.2, -0.15) is 0 Å². The van der Waals surface area contributed by atoms with Crippen molar-refractivity contribution in [2.24, 2.45) is 0 Å². The van der Waals surface area contributed by atoms with Gasteiger partial charge in [0.1, 0.15) is 0 Å². The van der Waals surface area contributed by atoms with Gasteiger partial charge in [0, 0.05) is 12.2 Å². The average Bonchev–Trinajstić information content (AvgIpc) is 2.47. The van der Waals surface area contributed by atoms with E-state index in [1.807, 2.05) is 6.08 Å². The lowest BCUT2D eigenvalue weighted by Gasteiger charge is -2.27. The molecule has 0 saturated carbocycles. The Balaban J connectivity index is 2.94. The quantitative estimate of drug-likeness (QED) is 0.496. The highest BCUT2D eigenvalue weighted by molar-refractivity contribution is 6.88. The normalized spacial score (nSPS) is 11.4. The van der Waals surface area contributed by atoms with Crippen LogP contribution >= 0.6 is 0 Å². The third-order valence-electron chi connectivity index (χ3n) is 3.90. The van der Waals surface area contributed by atoms with E-state index in [9.17, 15) is 0 Å². The first-order valence-electron chi connectivity index (χ1n) is 8.31. The van der Waals surface area contributed by atoms with Gasteiger partial charge in [-0.05, 0) is 36.2 Å². The molecule has 0 unspecified atom stereocenters. The molecule has 0 saturated heterocycles. The van der Waals surface area contributed by atoms with E-state index in [0.29, 0.717) is 0 Å².